The van der Waals surface area contributed by atoms with Crippen LogP contribution in [0.1, 0.15) is 2.74 Å². The number of primary sulfonamides is 2. The van der Waals surface area contributed by atoms with Crippen molar-refractivity contribution in [2.45, 2.75) is 9.79 Å². The third-order valence-corrected chi connectivity index (χ3v) is 3.49. The first-order chi connectivity index (χ1) is 9.77. The number of benzene rings is 1. The van der Waals surface area contributed by atoms with Gasteiger partial charge in [-0.3, -0.25) is 0 Å². The maximum absolute atomic E-state index is 11.8. The van der Waals surface area contributed by atoms with E-state index in [4.69, 9.17) is 25.7 Å². The second kappa shape index (κ2) is 3.86. The van der Waals surface area contributed by atoms with E-state index in [1.54, 1.807) is 0 Å². The Bertz CT molecular complexity index is 762. The molecule has 0 amide bonds. The highest BCUT2D eigenvalue weighted by Gasteiger charge is 2.20. The molecule has 0 bridgehead atoms. The first-order valence-corrected chi connectivity index (χ1v) is 6.68. The third-order valence-electron chi connectivity index (χ3n) is 1.43. The highest BCUT2D eigenvalue weighted by Crippen LogP contribution is 2.28. The van der Waals surface area contributed by atoms with E-state index in [1.165, 1.54) is 0 Å². The molecule has 0 spiro atoms. The fourth-order valence-electron chi connectivity index (χ4n) is 0.838. The van der Waals surface area contributed by atoms with Gasteiger partial charge in [0.1, 0.15) is 15.4 Å². The summed E-state index contributed by atoms with van der Waals surface area (Å²) in [5.74, 6) is 0. The Kier molecular flexibility index (Phi) is 1.63. The van der Waals surface area contributed by atoms with E-state index in [-0.39, 0.29) is 0 Å². The minimum atomic E-state index is -5.02. The molecular weight excluding hydrogens is 278 g/mol. The first kappa shape index (κ1) is 6.77. The lowest BCUT2D eigenvalue weighted by atomic mass is 10.3. The lowest BCUT2D eigenvalue weighted by Gasteiger charge is -2.07. The van der Waals surface area contributed by atoms with Gasteiger partial charge in [0.05, 0.1) is 13.5 Å². The molecule has 1 aromatic carbocycles. The quantitative estimate of drug-likeness (QED) is 0.622. The lowest BCUT2D eigenvalue weighted by Crippen LogP contribution is -2.18. The maximum Gasteiger partial charge on any atom is 0.240 e. The Morgan fingerprint density at radius 1 is 1.12 bits per heavy atom. The van der Waals surface area contributed by atoms with Crippen molar-refractivity contribution in [1.29, 1.82) is 0 Å². The topological polar surface area (TPSA) is 146 Å². The molecule has 0 saturated heterocycles. The molecule has 16 heavy (non-hydrogen) atoms. The van der Waals surface area contributed by atoms with Crippen LogP contribution in [-0.4, -0.2) is 16.8 Å². The van der Waals surface area contributed by atoms with Crippen molar-refractivity contribution in [3.05, 3.63) is 17.1 Å². The van der Waals surface area contributed by atoms with Crippen molar-refractivity contribution >= 4 is 37.3 Å². The van der Waals surface area contributed by atoms with Crippen LogP contribution in [0.15, 0.2) is 21.9 Å². The van der Waals surface area contributed by atoms with Crippen LogP contribution < -0.4 is 16.0 Å². The van der Waals surface area contributed by atoms with E-state index in [1.807, 2.05) is 0 Å². The summed E-state index contributed by atoms with van der Waals surface area (Å²) in [4.78, 5) is -2.61. The normalized spacial score (nSPS) is 18.4. The van der Waals surface area contributed by atoms with Gasteiger partial charge in [-0.05, 0) is 12.1 Å². The lowest BCUT2D eigenvalue weighted by molar-refractivity contribution is 0.596. The molecule has 0 radical (unpaired) electrons. The van der Waals surface area contributed by atoms with Crippen molar-refractivity contribution in [1.82, 2.24) is 0 Å². The second-order valence-corrected chi connectivity index (χ2v) is 5.68. The van der Waals surface area contributed by atoms with Gasteiger partial charge in [-0.15, -0.1) is 0 Å². The SMILES string of the molecule is [2H]c1c(N)c(S(=O)(=O)N([2H])[2H])c([2H])c(S(=O)(=O)N([2H])[2H])c1Cl. The minimum Gasteiger partial charge on any atom is -0.398 e. The van der Waals surface area contributed by atoms with Gasteiger partial charge in [-0.1, -0.05) is 11.6 Å². The molecular formula is C6H8ClN3O4S2. The summed E-state index contributed by atoms with van der Waals surface area (Å²) in [6.07, 6.45) is 0. The molecule has 0 atom stereocenters. The van der Waals surface area contributed by atoms with Crippen molar-refractivity contribution in [3.63, 3.8) is 0 Å². The Hall–Kier alpha value is -0.870. The van der Waals surface area contributed by atoms with Crippen LogP contribution in [0.25, 0.3) is 0 Å². The third kappa shape index (κ3) is 2.62. The van der Waals surface area contributed by atoms with E-state index in [9.17, 15) is 16.8 Å². The monoisotopic (exact) mass is 291 g/mol. The van der Waals surface area contributed by atoms with Crippen LogP contribution >= 0.6 is 11.6 Å². The molecule has 0 fully saturated rings. The number of nitrogen functional groups attached to an aromatic ring is 1. The molecule has 1 aromatic rings. The summed E-state index contributed by atoms with van der Waals surface area (Å²) >= 11 is 5.57. The summed E-state index contributed by atoms with van der Waals surface area (Å²) in [7, 11) is -10.0. The second-order valence-electron chi connectivity index (χ2n) is 2.59. The number of nitrogens with two attached hydrogens (primary N) is 3. The molecule has 0 saturated carbocycles. The largest absolute Gasteiger partial charge is 0.398 e. The van der Waals surface area contributed by atoms with Crippen molar-refractivity contribution in [2.24, 2.45) is 10.3 Å². The van der Waals surface area contributed by atoms with Crippen LogP contribution in [0.2, 0.25) is 10.7 Å². The molecule has 10 heteroatoms. The Balaban J connectivity index is 4.07. The average molecular weight is 292 g/mol. The van der Waals surface area contributed by atoms with Gasteiger partial charge in [0, 0.05) is 0 Å². The van der Waals surface area contributed by atoms with Crippen LogP contribution in [0, 0.1) is 0 Å². The molecule has 0 unspecified atom stereocenters. The molecule has 0 aromatic heterocycles. The number of halogens is 1. The van der Waals surface area contributed by atoms with Gasteiger partial charge in [0.25, 0.3) is 0 Å². The average Bonchev–Trinajstić information content (AvgIpc) is 2.35. The fourth-order valence-corrected chi connectivity index (χ4v) is 2.41. The molecule has 90 valence electrons. The van der Waals surface area contributed by atoms with E-state index in [2.05, 4.69) is 0 Å². The number of hydrogen-bond acceptors (Lipinski definition) is 5. The van der Waals surface area contributed by atoms with Gasteiger partial charge in [0.15, 0.2) is 0 Å². The molecule has 1 rings (SSSR count). The van der Waals surface area contributed by atoms with Crippen molar-refractivity contribution in [2.75, 3.05) is 5.73 Å². The minimum absolute atomic E-state index is 0.820. The van der Waals surface area contributed by atoms with Gasteiger partial charge in [-0.25, -0.2) is 27.1 Å². The van der Waals surface area contributed by atoms with Crippen LogP contribution in [0.5, 0.6) is 0 Å². The zero-order valence-corrected chi connectivity index (χ0v) is 9.69. The Morgan fingerprint density at radius 2 is 1.62 bits per heavy atom. The molecule has 0 aliphatic heterocycles. The van der Waals surface area contributed by atoms with E-state index < -0.39 is 62.9 Å². The predicted molar refractivity (Wildman–Crippen MR) is 58.6 cm³/mol. The molecule has 0 aliphatic rings. The zero-order chi connectivity index (χ0) is 17.6. The number of rotatable bonds is 4. The fraction of sp³-hybridized carbons (Fsp3) is 0. The van der Waals surface area contributed by atoms with Gasteiger partial charge in [-0.2, -0.15) is 0 Å². The Morgan fingerprint density at radius 3 is 2.12 bits per heavy atom. The molecule has 0 heterocycles. The Labute approximate surface area is 106 Å². The molecule has 0 aliphatic carbocycles. The zero-order valence-electron chi connectivity index (χ0n) is 13.3. The molecule has 7 nitrogen and oxygen atoms in total. The summed E-state index contributed by atoms with van der Waals surface area (Å²) < 4.78 is 89.5. The van der Waals surface area contributed by atoms with E-state index >= 15 is 0 Å². The summed E-state index contributed by atoms with van der Waals surface area (Å²) in [5.41, 5.74) is 4.40. The first-order valence-electron chi connectivity index (χ1n) is 6.21. The maximum atomic E-state index is 11.8. The number of sulfonamides is 2. The van der Waals surface area contributed by atoms with Crippen LogP contribution in [0.3, 0.4) is 0 Å². The summed E-state index contributed by atoms with van der Waals surface area (Å²) in [6.45, 7) is 0. The van der Waals surface area contributed by atoms with Crippen molar-refractivity contribution in [3.8, 4) is 0 Å². The van der Waals surface area contributed by atoms with Crippen LogP contribution in [0.4, 0.5) is 5.69 Å². The standard InChI is InChI=1S/C6H8ClN3O4S2/c7-3-1-4(8)6(16(10,13)14)2-5(3)15(9,11)12/h1-2H,8H2,(H2,9,11,12)(H2,10,13,14)/i1D,2D/hD4. The number of hydrogen-bond donors (Lipinski definition) is 3. The van der Waals surface area contributed by atoms with Gasteiger partial charge >= 0.3 is 0 Å². The van der Waals surface area contributed by atoms with Crippen molar-refractivity contribution < 1.29 is 25.2 Å². The smallest absolute Gasteiger partial charge is 0.240 e. The van der Waals surface area contributed by atoms with Gasteiger partial charge in [0.2, 0.25) is 20.0 Å². The van der Waals surface area contributed by atoms with E-state index in [0.29, 0.717) is 0 Å². The highest BCUT2D eigenvalue weighted by molar-refractivity contribution is 7.90. The predicted octanol–water partition coefficient (Wildman–Crippen LogP) is -0.783. The summed E-state index contributed by atoms with van der Waals surface area (Å²) in [5, 5.41) is -2.59. The van der Waals surface area contributed by atoms with Gasteiger partial charge < -0.3 is 5.73 Å². The highest BCUT2D eigenvalue weighted by atomic mass is 35.5. The molecule has 6 N–H and O–H groups in total. The van der Waals surface area contributed by atoms with E-state index in [0.717, 1.165) is 0 Å². The summed E-state index contributed by atoms with van der Waals surface area (Å²) in [6, 6.07) is -2.33. The number of anilines is 1. The van der Waals surface area contributed by atoms with Crippen LogP contribution in [-0.2, 0) is 20.0 Å².